The topological polar surface area (TPSA) is 54.9 Å². The summed E-state index contributed by atoms with van der Waals surface area (Å²) in [5.41, 5.74) is 1.30. The van der Waals surface area contributed by atoms with E-state index in [9.17, 15) is 4.39 Å². The predicted molar refractivity (Wildman–Crippen MR) is 119 cm³/mol. The molecule has 1 aromatic rings. The van der Waals surface area contributed by atoms with Crippen molar-refractivity contribution in [2.75, 3.05) is 46.6 Å². The van der Waals surface area contributed by atoms with Crippen molar-refractivity contribution in [1.29, 1.82) is 0 Å². The zero-order valence-corrected chi connectivity index (χ0v) is 18.8. The van der Waals surface area contributed by atoms with Crippen LogP contribution in [0.5, 0.6) is 0 Å². The fraction of sp³-hybridized carbons (Fsp3) is 0.650. The van der Waals surface area contributed by atoms with Crippen LogP contribution in [0.25, 0.3) is 0 Å². The second kappa shape index (κ2) is 13.3. The average Bonchev–Trinajstić information content (AvgIpc) is 3.44. The molecule has 0 amide bonds. The van der Waals surface area contributed by atoms with Gasteiger partial charge in [0.1, 0.15) is 5.82 Å². The molecule has 1 aliphatic carbocycles. The minimum atomic E-state index is -0.189. The molecule has 0 bridgehead atoms. The molecule has 2 rings (SSSR count). The lowest BCUT2D eigenvalue weighted by atomic mass is 9.96. The Morgan fingerprint density at radius 1 is 1.07 bits per heavy atom. The molecule has 0 aliphatic heterocycles. The van der Waals surface area contributed by atoms with Crippen LogP contribution in [-0.2, 0) is 14.9 Å². The number of nitrogens with one attached hydrogen (secondary N) is 2. The van der Waals surface area contributed by atoms with Crippen LogP contribution in [0.2, 0.25) is 0 Å². The molecule has 154 valence electrons. The monoisotopic (exact) mass is 493 g/mol. The number of hydrogen-bond acceptors (Lipinski definition) is 3. The first-order valence-corrected chi connectivity index (χ1v) is 9.56. The summed E-state index contributed by atoms with van der Waals surface area (Å²) >= 11 is 0. The van der Waals surface area contributed by atoms with Crippen molar-refractivity contribution in [1.82, 2.24) is 10.6 Å². The van der Waals surface area contributed by atoms with Crippen LogP contribution in [0.3, 0.4) is 0 Å². The van der Waals surface area contributed by atoms with E-state index in [0.717, 1.165) is 44.8 Å². The average molecular weight is 493 g/mol. The van der Waals surface area contributed by atoms with Crippen molar-refractivity contribution in [2.24, 2.45) is 4.99 Å². The Labute approximate surface area is 179 Å². The summed E-state index contributed by atoms with van der Waals surface area (Å²) in [5.74, 6) is 0.576. The SMILES string of the molecule is CCCCOCCOCCNC(=NC)NCC1(c2ccc(F)cc2)CC1.I. The van der Waals surface area contributed by atoms with Crippen molar-refractivity contribution >= 4 is 29.9 Å². The van der Waals surface area contributed by atoms with Gasteiger partial charge < -0.3 is 20.1 Å². The summed E-state index contributed by atoms with van der Waals surface area (Å²) in [5, 5.41) is 6.63. The molecule has 0 saturated heterocycles. The summed E-state index contributed by atoms with van der Waals surface area (Å²) in [6, 6.07) is 6.84. The largest absolute Gasteiger partial charge is 0.379 e. The molecule has 0 atom stereocenters. The van der Waals surface area contributed by atoms with E-state index in [4.69, 9.17) is 9.47 Å². The highest BCUT2D eigenvalue weighted by Gasteiger charge is 2.44. The van der Waals surface area contributed by atoms with Gasteiger partial charge in [0.25, 0.3) is 0 Å². The highest BCUT2D eigenvalue weighted by molar-refractivity contribution is 14.0. The van der Waals surface area contributed by atoms with E-state index < -0.39 is 0 Å². The Balaban J connectivity index is 0.00000364. The first kappa shape index (κ1) is 24.1. The predicted octanol–water partition coefficient (Wildman–Crippen LogP) is 3.47. The molecule has 5 nitrogen and oxygen atoms in total. The maximum absolute atomic E-state index is 13.1. The van der Waals surface area contributed by atoms with Crippen LogP contribution in [0, 0.1) is 5.82 Å². The van der Waals surface area contributed by atoms with Gasteiger partial charge in [-0.25, -0.2) is 4.39 Å². The highest BCUT2D eigenvalue weighted by Crippen LogP contribution is 2.47. The number of benzene rings is 1. The molecule has 0 radical (unpaired) electrons. The maximum atomic E-state index is 13.1. The van der Waals surface area contributed by atoms with Gasteiger partial charge in [-0.05, 0) is 37.0 Å². The van der Waals surface area contributed by atoms with Crippen LogP contribution >= 0.6 is 24.0 Å². The lowest BCUT2D eigenvalue weighted by Gasteiger charge is -2.19. The van der Waals surface area contributed by atoms with Crippen molar-refractivity contribution in [3.63, 3.8) is 0 Å². The van der Waals surface area contributed by atoms with Crippen LogP contribution in [0.1, 0.15) is 38.2 Å². The fourth-order valence-corrected chi connectivity index (χ4v) is 2.81. The van der Waals surface area contributed by atoms with E-state index in [-0.39, 0.29) is 35.2 Å². The molecular formula is C20H33FIN3O2. The van der Waals surface area contributed by atoms with Crippen LogP contribution in [0.15, 0.2) is 29.3 Å². The fourth-order valence-electron chi connectivity index (χ4n) is 2.81. The van der Waals surface area contributed by atoms with Crippen LogP contribution in [-0.4, -0.2) is 52.5 Å². The van der Waals surface area contributed by atoms with Gasteiger partial charge in [0.05, 0.1) is 19.8 Å². The van der Waals surface area contributed by atoms with E-state index in [1.807, 2.05) is 12.1 Å². The normalized spacial score (nSPS) is 15.1. The Bertz CT molecular complexity index is 551. The molecular weight excluding hydrogens is 460 g/mol. The molecule has 1 saturated carbocycles. The number of aliphatic imine (C=N–C) groups is 1. The van der Waals surface area contributed by atoms with Gasteiger partial charge in [-0.2, -0.15) is 0 Å². The summed E-state index contributed by atoms with van der Waals surface area (Å²) in [6.07, 6.45) is 4.48. The Hall–Kier alpha value is -0.930. The molecule has 2 N–H and O–H groups in total. The smallest absolute Gasteiger partial charge is 0.191 e. The van der Waals surface area contributed by atoms with Gasteiger partial charge in [0.15, 0.2) is 5.96 Å². The van der Waals surface area contributed by atoms with Gasteiger partial charge in [0.2, 0.25) is 0 Å². The van der Waals surface area contributed by atoms with E-state index in [0.29, 0.717) is 26.4 Å². The third-order valence-electron chi connectivity index (χ3n) is 4.68. The van der Waals surface area contributed by atoms with Gasteiger partial charge in [0, 0.05) is 32.2 Å². The van der Waals surface area contributed by atoms with Crippen molar-refractivity contribution < 1.29 is 13.9 Å². The molecule has 0 aromatic heterocycles. The zero-order valence-electron chi connectivity index (χ0n) is 16.4. The van der Waals surface area contributed by atoms with Crippen molar-refractivity contribution in [3.05, 3.63) is 35.6 Å². The summed E-state index contributed by atoms with van der Waals surface area (Å²) in [4.78, 5) is 4.25. The van der Waals surface area contributed by atoms with Gasteiger partial charge in [-0.1, -0.05) is 25.5 Å². The number of guanidine groups is 1. The van der Waals surface area contributed by atoms with E-state index in [2.05, 4.69) is 22.5 Å². The Morgan fingerprint density at radius 2 is 1.74 bits per heavy atom. The third-order valence-corrected chi connectivity index (χ3v) is 4.68. The summed E-state index contributed by atoms with van der Waals surface area (Å²) in [7, 11) is 1.76. The standard InChI is InChI=1S/C20H32FN3O2.HI/c1-3-4-12-25-14-15-26-13-11-23-19(22-2)24-16-20(9-10-20)17-5-7-18(21)8-6-17;/h5-8H,3-4,9-16H2,1-2H3,(H2,22,23,24);1H. The third kappa shape index (κ3) is 8.74. The first-order chi connectivity index (χ1) is 12.7. The lowest BCUT2D eigenvalue weighted by Crippen LogP contribution is -2.42. The number of unbranched alkanes of at least 4 members (excludes halogenated alkanes) is 1. The molecule has 0 spiro atoms. The summed E-state index contributed by atoms with van der Waals surface area (Å²) < 4.78 is 24.1. The van der Waals surface area contributed by atoms with Crippen molar-refractivity contribution in [2.45, 2.75) is 38.0 Å². The van der Waals surface area contributed by atoms with Crippen molar-refractivity contribution in [3.8, 4) is 0 Å². The second-order valence-electron chi connectivity index (χ2n) is 6.72. The number of nitrogens with zero attached hydrogens (tertiary/aromatic N) is 1. The number of rotatable bonds is 12. The maximum Gasteiger partial charge on any atom is 0.191 e. The second-order valence-corrected chi connectivity index (χ2v) is 6.72. The zero-order chi connectivity index (χ0) is 18.7. The van der Waals surface area contributed by atoms with E-state index in [1.54, 1.807) is 7.05 Å². The Morgan fingerprint density at radius 3 is 2.33 bits per heavy atom. The Kier molecular flexibility index (Phi) is 11.9. The van der Waals surface area contributed by atoms with Crippen LogP contribution in [0.4, 0.5) is 4.39 Å². The van der Waals surface area contributed by atoms with Gasteiger partial charge in [-0.3, -0.25) is 4.99 Å². The first-order valence-electron chi connectivity index (χ1n) is 9.56. The van der Waals surface area contributed by atoms with Crippen LogP contribution < -0.4 is 10.6 Å². The van der Waals surface area contributed by atoms with Gasteiger partial charge >= 0.3 is 0 Å². The molecule has 1 aromatic carbocycles. The van der Waals surface area contributed by atoms with E-state index >= 15 is 0 Å². The molecule has 0 heterocycles. The quantitative estimate of drug-likeness (QED) is 0.203. The molecule has 27 heavy (non-hydrogen) atoms. The van der Waals surface area contributed by atoms with E-state index in [1.165, 1.54) is 17.7 Å². The molecule has 0 unspecified atom stereocenters. The number of ether oxygens (including phenoxy) is 2. The minimum Gasteiger partial charge on any atom is -0.379 e. The molecule has 1 fully saturated rings. The minimum absolute atomic E-state index is 0. The summed E-state index contributed by atoms with van der Waals surface area (Å²) in [6.45, 7) is 6.32. The number of halogens is 2. The molecule has 7 heteroatoms. The highest BCUT2D eigenvalue weighted by atomic mass is 127. The molecule has 1 aliphatic rings. The lowest BCUT2D eigenvalue weighted by molar-refractivity contribution is 0.0487. The van der Waals surface area contributed by atoms with Gasteiger partial charge in [-0.15, -0.1) is 24.0 Å². The number of hydrogen-bond donors (Lipinski definition) is 2.